The molecule has 1 aromatic rings. The molecule has 0 aliphatic rings. The minimum Gasteiger partial charge on any atom is -0.478 e. The highest BCUT2D eigenvalue weighted by atomic mass is 19.1. The second kappa shape index (κ2) is 4.26. The number of carboxylic acid groups (broad SMARTS) is 1. The molecule has 0 bridgehead atoms. The van der Waals surface area contributed by atoms with Crippen molar-refractivity contribution < 1.29 is 23.5 Å². The third-order valence-electron chi connectivity index (χ3n) is 1.94. The quantitative estimate of drug-likeness (QED) is 0.833. The molecule has 0 atom stereocenters. The molecule has 0 fully saturated rings. The Balaban J connectivity index is 3.52. The van der Waals surface area contributed by atoms with Crippen LogP contribution < -0.4 is 0 Å². The van der Waals surface area contributed by atoms with E-state index in [4.69, 9.17) is 5.11 Å². The predicted octanol–water partition coefficient (Wildman–Crippen LogP) is 1.36. The molecule has 0 aromatic heterocycles. The molecule has 0 radical (unpaired) electrons. The average molecular weight is 229 g/mol. The zero-order valence-corrected chi connectivity index (χ0v) is 8.62. The maximum absolute atomic E-state index is 13.3. The summed E-state index contributed by atoms with van der Waals surface area (Å²) in [6.07, 6.45) is 0. The number of halogens is 2. The van der Waals surface area contributed by atoms with Crippen molar-refractivity contribution in [1.29, 1.82) is 0 Å². The SMILES string of the molecule is CN(C)C(=O)c1c(F)ccc(F)c1C(=O)O. The van der Waals surface area contributed by atoms with Crippen LogP contribution >= 0.6 is 0 Å². The highest BCUT2D eigenvalue weighted by Crippen LogP contribution is 2.18. The highest BCUT2D eigenvalue weighted by molar-refractivity contribution is 6.04. The first kappa shape index (κ1) is 12.1. The van der Waals surface area contributed by atoms with E-state index in [0.29, 0.717) is 6.07 Å². The van der Waals surface area contributed by atoms with E-state index in [-0.39, 0.29) is 0 Å². The summed E-state index contributed by atoms with van der Waals surface area (Å²) >= 11 is 0. The van der Waals surface area contributed by atoms with E-state index < -0.39 is 34.6 Å². The maximum Gasteiger partial charge on any atom is 0.339 e. The van der Waals surface area contributed by atoms with Crippen LogP contribution in [0.5, 0.6) is 0 Å². The molecule has 0 aliphatic carbocycles. The zero-order chi connectivity index (χ0) is 12.5. The van der Waals surface area contributed by atoms with Crippen molar-refractivity contribution in [3.63, 3.8) is 0 Å². The smallest absolute Gasteiger partial charge is 0.339 e. The molecule has 1 rings (SSSR count). The van der Waals surface area contributed by atoms with Gasteiger partial charge in [-0.3, -0.25) is 4.79 Å². The fraction of sp³-hybridized carbons (Fsp3) is 0.200. The van der Waals surface area contributed by atoms with Gasteiger partial charge in [-0.25, -0.2) is 13.6 Å². The number of aromatic carboxylic acids is 1. The molecule has 0 heterocycles. The van der Waals surface area contributed by atoms with Crippen LogP contribution in [0.15, 0.2) is 12.1 Å². The number of amides is 1. The van der Waals surface area contributed by atoms with Crippen molar-refractivity contribution in [3.8, 4) is 0 Å². The molecule has 1 aromatic carbocycles. The molecule has 0 saturated heterocycles. The number of hydrogen-bond donors (Lipinski definition) is 1. The lowest BCUT2D eigenvalue weighted by Gasteiger charge is -2.13. The van der Waals surface area contributed by atoms with Crippen LogP contribution in [-0.4, -0.2) is 36.0 Å². The van der Waals surface area contributed by atoms with Crippen LogP contribution in [0.2, 0.25) is 0 Å². The lowest BCUT2D eigenvalue weighted by molar-refractivity contribution is 0.0677. The first-order valence-electron chi connectivity index (χ1n) is 4.29. The van der Waals surface area contributed by atoms with E-state index in [1.54, 1.807) is 0 Å². The Labute approximate surface area is 90.1 Å². The third kappa shape index (κ3) is 2.00. The second-order valence-corrected chi connectivity index (χ2v) is 3.28. The summed E-state index contributed by atoms with van der Waals surface area (Å²) in [5.74, 6) is -4.77. The topological polar surface area (TPSA) is 57.6 Å². The number of benzene rings is 1. The van der Waals surface area contributed by atoms with E-state index in [2.05, 4.69) is 0 Å². The molecule has 1 amide bonds. The van der Waals surface area contributed by atoms with Gasteiger partial charge < -0.3 is 10.0 Å². The molecule has 1 N–H and O–H groups in total. The molecule has 0 spiro atoms. The largest absolute Gasteiger partial charge is 0.478 e. The van der Waals surface area contributed by atoms with Crippen molar-refractivity contribution in [3.05, 3.63) is 34.9 Å². The number of carbonyl (C=O) groups excluding carboxylic acids is 1. The van der Waals surface area contributed by atoms with Crippen LogP contribution in [0.25, 0.3) is 0 Å². The van der Waals surface area contributed by atoms with E-state index in [1.807, 2.05) is 0 Å². The van der Waals surface area contributed by atoms with E-state index >= 15 is 0 Å². The first-order chi connectivity index (χ1) is 7.36. The Hall–Kier alpha value is -1.98. The monoisotopic (exact) mass is 229 g/mol. The summed E-state index contributed by atoms with van der Waals surface area (Å²) in [6.45, 7) is 0. The van der Waals surface area contributed by atoms with Gasteiger partial charge in [0.15, 0.2) is 0 Å². The van der Waals surface area contributed by atoms with Gasteiger partial charge in [-0.1, -0.05) is 0 Å². The van der Waals surface area contributed by atoms with Gasteiger partial charge in [0.1, 0.15) is 17.2 Å². The Morgan fingerprint density at radius 3 is 1.94 bits per heavy atom. The number of carbonyl (C=O) groups is 2. The standard InChI is InChI=1S/C10H9F2NO3/c1-13(2)9(14)7-5(11)3-4-6(12)8(7)10(15)16/h3-4H,1-2H3,(H,15,16). The van der Waals surface area contributed by atoms with Gasteiger partial charge in [0.05, 0.1) is 5.56 Å². The lowest BCUT2D eigenvalue weighted by Crippen LogP contribution is -2.26. The summed E-state index contributed by atoms with van der Waals surface area (Å²) in [6, 6.07) is 1.39. The van der Waals surface area contributed by atoms with Gasteiger partial charge in [-0.15, -0.1) is 0 Å². The predicted molar refractivity (Wildman–Crippen MR) is 51.3 cm³/mol. The van der Waals surface area contributed by atoms with Crippen molar-refractivity contribution >= 4 is 11.9 Å². The fourth-order valence-corrected chi connectivity index (χ4v) is 1.19. The number of nitrogens with zero attached hydrogens (tertiary/aromatic N) is 1. The van der Waals surface area contributed by atoms with Gasteiger partial charge in [0, 0.05) is 14.1 Å². The van der Waals surface area contributed by atoms with Crippen LogP contribution in [0.4, 0.5) is 8.78 Å². The molecular weight excluding hydrogens is 220 g/mol. The minimum atomic E-state index is -1.68. The van der Waals surface area contributed by atoms with Crippen LogP contribution in [0.1, 0.15) is 20.7 Å². The fourth-order valence-electron chi connectivity index (χ4n) is 1.19. The summed E-state index contributed by atoms with van der Waals surface area (Å²) in [7, 11) is 2.64. The van der Waals surface area contributed by atoms with Gasteiger partial charge in [-0.2, -0.15) is 0 Å². The van der Waals surface area contributed by atoms with Gasteiger partial charge in [0.2, 0.25) is 0 Å². The van der Waals surface area contributed by atoms with E-state index in [1.165, 1.54) is 14.1 Å². The first-order valence-corrected chi connectivity index (χ1v) is 4.29. The molecule has 0 aliphatic heterocycles. The minimum absolute atomic E-state index is 0.672. The number of rotatable bonds is 2. The third-order valence-corrected chi connectivity index (χ3v) is 1.94. The summed E-state index contributed by atoms with van der Waals surface area (Å²) < 4.78 is 26.5. The maximum atomic E-state index is 13.3. The van der Waals surface area contributed by atoms with Crippen molar-refractivity contribution in [2.45, 2.75) is 0 Å². The Kier molecular flexibility index (Phi) is 3.22. The van der Waals surface area contributed by atoms with Crippen molar-refractivity contribution in [2.24, 2.45) is 0 Å². The highest BCUT2D eigenvalue weighted by Gasteiger charge is 2.25. The van der Waals surface area contributed by atoms with Crippen LogP contribution in [-0.2, 0) is 0 Å². The summed E-state index contributed by atoms with van der Waals surface area (Å²) in [5, 5.41) is 8.72. The van der Waals surface area contributed by atoms with Crippen LogP contribution in [0, 0.1) is 11.6 Å². The van der Waals surface area contributed by atoms with Crippen molar-refractivity contribution in [2.75, 3.05) is 14.1 Å². The number of carboxylic acids is 1. The van der Waals surface area contributed by atoms with Gasteiger partial charge >= 0.3 is 5.97 Å². The summed E-state index contributed by atoms with van der Waals surface area (Å²) in [4.78, 5) is 23.2. The summed E-state index contributed by atoms with van der Waals surface area (Å²) in [5.41, 5.74) is -1.71. The molecule has 86 valence electrons. The Bertz CT molecular complexity index is 458. The molecule has 0 unspecified atom stereocenters. The molecule has 4 nitrogen and oxygen atoms in total. The van der Waals surface area contributed by atoms with Crippen LogP contribution in [0.3, 0.4) is 0 Å². The van der Waals surface area contributed by atoms with Gasteiger partial charge in [-0.05, 0) is 12.1 Å². The molecule has 16 heavy (non-hydrogen) atoms. The lowest BCUT2D eigenvalue weighted by atomic mass is 10.1. The van der Waals surface area contributed by atoms with E-state index in [9.17, 15) is 18.4 Å². The van der Waals surface area contributed by atoms with Crippen molar-refractivity contribution in [1.82, 2.24) is 4.90 Å². The number of hydrogen-bond acceptors (Lipinski definition) is 2. The second-order valence-electron chi connectivity index (χ2n) is 3.28. The zero-order valence-electron chi connectivity index (χ0n) is 8.62. The Morgan fingerprint density at radius 1 is 1.12 bits per heavy atom. The van der Waals surface area contributed by atoms with E-state index in [0.717, 1.165) is 11.0 Å². The normalized spacial score (nSPS) is 10.0. The molecule has 6 heteroatoms. The average Bonchev–Trinajstić information content (AvgIpc) is 2.19. The molecule has 0 saturated carbocycles. The van der Waals surface area contributed by atoms with Gasteiger partial charge in [0.25, 0.3) is 5.91 Å². The Morgan fingerprint density at radius 2 is 1.56 bits per heavy atom. The molecular formula is C10H9F2NO3.